The molecule has 1 atom stereocenters. The van der Waals surface area contributed by atoms with E-state index in [0.29, 0.717) is 12.8 Å². The fourth-order valence-corrected chi connectivity index (χ4v) is 4.51. The molecule has 1 aliphatic heterocycles. The molecule has 1 N–H and O–H groups in total. The number of rotatable bonds is 6. The van der Waals surface area contributed by atoms with Crippen LogP contribution in [0.3, 0.4) is 0 Å². The minimum atomic E-state index is -4.46. The van der Waals surface area contributed by atoms with Crippen molar-refractivity contribution >= 4 is 27.5 Å². The number of hydrogen-bond acceptors (Lipinski definition) is 7. The van der Waals surface area contributed by atoms with Crippen molar-refractivity contribution in [3.63, 3.8) is 0 Å². The number of halogens is 3. The molecule has 0 bridgehead atoms. The highest BCUT2D eigenvalue weighted by atomic mass is 32.2. The minimum Gasteiger partial charge on any atom is -0.416 e. The Bertz CT molecular complexity index is 660. The van der Waals surface area contributed by atoms with Gasteiger partial charge >= 0.3 is 6.18 Å². The largest absolute Gasteiger partial charge is 0.416 e. The van der Waals surface area contributed by atoms with Crippen molar-refractivity contribution in [3.05, 3.63) is 5.89 Å². The van der Waals surface area contributed by atoms with Crippen LogP contribution in [0.4, 0.5) is 13.2 Å². The molecule has 1 fully saturated rings. The predicted molar refractivity (Wildman–Crippen MR) is 74.6 cm³/mol. The molecular formula is C11H14F3N3O4S2. The molecular weight excluding hydrogens is 359 g/mol. The van der Waals surface area contributed by atoms with Gasteiger partial charge in [0.1, 0.15) is 6.54 Å². The average Bonchev–Trinajstić information content (AvgIpc) is 3.00. The van der Waals surface area contributed by atoms with Crippen LogP contribution < -0.4 is 5.32 Å². The molecule has 1 aliphatic rings. The lowest BCUT2D eigenvalue weighted by Gasteiger charge is -2.07. The van der Waals surface area contributed by atoms with Gasteiger partial charge in [-0.3, -0.25) is 4.79 Å². The first-order valence-electron chi connectivity index (χ1n) is 6.62. The van der Waals surface area contributed by atoms with E-state index >= 15 is 0 Å². The summed E-state index contributed by atoms with van der Waals surface area (Å²) >= 11 is 0.820. The third-order valence-corrected chi connectivity index (χ3v) is 5.71. The summed E-state index contributed by atoms with van der Waals surface area (Å²) in [7, 11) is -2.99. The highest BCUT2D eigenvalue weighted by molar-refractivity contribution is 7.99. The Morgan fingerprint density at radius 1 is 1.39 bits per heavy atom. The maximum Gasteiger partial charge on any atom is 0.405 e. The van der Waals surface area contributed by atoms with Crippen LogP contribution in [0, 0.1) is 5.92 Å². The number of aromatic nitrogens is 2. The molecule has 1 amide bonds. The van der Waals surface area contributed by atoms with Crippen LogP contribution in [-0.2, 0) is 21.1 Å². The van der Waals surface area contributed by atoms with Gasteiger partial charge in [0, 0.05) is 6.42 Å². The molecule has 0 radical (unpaired) electrons. The van der Waals surface area contributed by atoms with Gasteiger partial charge in [0.2, 0.25) is 11.8 Å². The van der Waals surface area contributed by atoms with Crippen LogP contribution in [0.25, 0.3) is 0 Å². The third kappa shape index (κ3) is 6.37. The van der Waals surface area contributed by atoms with E-state index < -0.39 is 28.5 Å². The van der Waals surface area contributed by atoms with Crippen molar-refractivity contribution in [2.24, 2.45) is 5.92 Å². The number of amides is 1. The lowest BCUT2D eigenvalue weighted by Crippen LogP contribution is -2.34. The van der Waals surface area contributed by atoms with Crippen LogP contribution in [0.5, 0.6) is 0 Å². The number of alkyl halides is 3. The average molecular weight is 373 g/mol. The van der Waals surface area contributed by atoms with Crippen LogP contribution in [0.15, 0.2) is 9.64 Å². The van der Waals surface area contributed by atoms with Gasteiger partial charge in [0.15, 0.2) is 9.84 Å². The molecule has 1 aromatic rings. The van der Waals surface area contributed by atoms with Crippen LogP contribution in [-0.4, -0.2) is 54.5 Å². The molecule has 2 heterocycles. The quantitative estimate of drug-likeness (QED) is 0.737. The van der Waals surface area contributed by atoms with Gasteiger partial charge in [-0.1, -0.05) is 11.8 Å². The standard InChI is InChI=1S/C11H14F3N3O4S2/c12-11(13,14)6-15-8(18)4-22-10-17-16-9(21-10)3-7-1-2-23(19,20)5-7/h7H,1-6H2,(H,15,18)/t7-/m1/s1. The van der Waals surface area contributed by atoms with Gasteiger partial charge < -0.3 is 9.73 Å². The van der Waals surface area contributed by atoms with E-state index in [1.807, 2.05) is 0 Å². The van der Waals surface area contributed by atoms with E-state index in [4.69, 9.17) is 4.42 Å². The van der Waals surface area contributed by atoms with E-state index in [1.165, 1.54) is 0 Å². The van der Waals surface area contributed by atoms with Gasteiger partial charge in [-0.2, -0.15) is 13.2 Å². The van der Waals surface area contributed by atoms with Crippen molar-refractivity contribution in [2.75, 3.05) is 23.8 Å². The van der Waals surface area contributed by atoms with Gasteiger partial charge in [0.05, 0.1) is 17.3 Å². The summed E-state index contributed by atoms with van der Waals surface area (Å²) in [5.74, 6) is -0.673. The zero-order valence-electron chi connectivity index (χ0n) is 11.8. The molecule has 1 aromatic heterocycles. The van der Waals surface area contributed by atoms with E-state index in [9.17, 15) is 26.4 Å². The van der Waals surface area contributed by atoms with E-state index in [-0.39, 0.29) is 34.3 Å². The Morgan fingerprint density at radius 2 is 2.13 bits per heavy atom. The predicted octanol–water partition coefficient (Wildman–Crippen LogP) is 0.817. The van der Waals surface area contributed by atoms with Crippen LogP contribution >= 0.6 is 11.8 Å². The molecule has 2 rings (SSSR count). The van der Waals surface area contributed by atoms with E-state index in [2.05, 4.69) is 10.2 Å². The van der Waals surface area contributed by atoms with Crippen molar-refractivity contribution in [1.82, 2.24) is 15.5 Å². The Balaban J connectivity index is 1.76. The van der Waals surface area contributed by atoms with Crippen LogP contribution in [0.1, 0.15) is 12.3 Å². The molecule has 12 heteroatoms. The summed E-state index contributed by atoms with van der Waals surface area (Å²) in [5.41, 5.74) is 0. The molecule has 7 nitrogen and oxygen atoms in total. The Labute approximate surface area is 134 Å². The molecule has 23 heavy (non-hydrogen) atoms. The number of hydrogen-bond donors (Lipinski definition) is 1. The first-order valence-corrected chi connectivity index (χ1v) is 9.43. The minimum absolute atomic E-state index is 0.0583. The normalized spacial score (nSPS) is 20.6. The maximum absolute atomic E-state index is 11.9. The Hall–Kier alpha value is -1.30. The second kappa shape index (κ2) is 7.07. The van der Waals surface area contributed by atoms with Gasteiger partial charge in [-0.25, -0.2) is 8.42 Å². The number of sulfone groups is 1. The van der Waals surface area contributed by atoms with Crippen molar-refractivity contribution in [3.8, 4) is 0 Å². The van der Waals surface area contributed by atoms with Crippen molar-refractivity contribution in [2.45, 2.75) is 24.2 Å². The molecule has 0 saturated carbocycles. The van der Waals surface area contributed by atoms with E-state index in [1.54, 1.807) is 5.32 Å². The smallest absolute Gasteiger partial charge is 0.405 e. The summed E-state index contributed by atoms with van der Waals surface area (Å²) in [6.45, 7) is -1.39. The van der Waals surface area contributed by atoms with Gasteiger partial charge in [-0.05, 0) is 12.3 Å². The fraction of sp³-hybridized carbons (Fsp3) is 0.727. The molecule has 0 unspecified atom stereocenters. The first-order chi connectivity index (χ1) is 10.6. The molecule has 130 valence electrons. The van der Waals surface area contributed by atoms with Gasteiger partial charge in [0.25, 0.3) is 5.22 Å². The number of nitrogens with one attached hydrogen (secondary N) is 1. The zero-order valence-corrected chi connectivity index (χ0v) is 13.4. The van der Waals surface area contributed by atoms with Gasteiger partial charge in [-0.15, -0.1) is 10.2 Å². The van der Waals surface area contributed by atoms with E-state index in [0.717, 1.165) is 11.8 Å². The molecule has 0 aliphatic carbocycles. The summed E-state index contributed by atoms with van der Waals surface area (Å²) in [4.78, 5) is 11.2. The number of carbonyl (C=O) groups excluding carboxylic acids is 1. The summed E-state index contributed by atoms with van der Waals surface area (Å²) in [6, 6.07) is 0. The molecule has 0 spiro atoms. The summed E-state index contributed by atoms with van der Waals surface area (Å²) < 4.78 is 63.7. The first kappa shape index (κ1) is 18.0. The fourth-order valence-electron chi connectivity index (χ4n) is 2.04. The Kier molecular flexibility index (Phi) is 5.55. The highest BCUT2D eigenvalue weighted by Gasteiger charge is 2.29. The number of nitrogens with zero attached hydrogens (tertiary/aromatic N) is 2. The van der Waals surface area contributed by atoms with Crippen molar-refractivity contribution < 1.29 is 30.8 Å². The molecule has 1 saturated heterocycles. The number of thioether (sulfide) groups is 1. The maximum atomic E-state index is 11.9. The highest BCUT2D eigenvalue weighted by Crippen LogP contribution is 2.24. The second-order valence-electron chi connectivity index (χ2n) is 5.12. The molecule has 0 aromatic carbocycles. The summed E-state index contributed by atoms with van der Waals surface area (Å²) in [5, 5.41) is 9.20. The lowest BCUT2D eigenvalue weighted by atomic mass is 10.1. The SMILES string of the molecule is O=C(CSc1nnc(C[C@H]2CCS(=O)(=O)C2)o1)NCC(F)(F)F. The topological polar surface area (TPSA) is 102 Å². The van der Waals surface area contributed by atoms with Crippen molar-refractivity contribution in [1.29, 1.82) is 0 Å². The Morgan fingerprint density at radius 3 is 2.74 bits per heavy atom. The second-order valence-corrected chi connectivity index (χ2v) is 8.27. The lowest BCUT2D eigenvalue weighted by molar-refractivity contribution is -0.136. The number of carbonyl (C=O) groups is 1. The summed E-state index contributed by atoms with van der Waals surface area (Å²) in [6.07, 6.45) is -3.60. The third-order valence-electron chi connectivity index (χ3n) is 3.05. The van der Waals surface area contributed by atoms with Crippen LogP contribution in [0.2, 0.25) is 0 Å². The monoisotopic (exact) mass is 373 g/mol. The zero-order chi connectivity index (χ0) is 17.1.